The highest BCUT2D eigenvalue weighted by Gasteiger charge is 2.22. The predicted molar refractivity (Wildman–Crippen MR) is 68.1 cm³/mol. The molecular formula is C13H16N2O4. The molecule has 1 aromatic carbocycles. The van der Waals surface area contributed by atoms with E-state index < -0.39 is 12.1 Å². The van der Waals surface area contributed by atoms with Gasteiger partial charge in [-0.3, -0.25) is 15.2 Å². The molecule has 0 bridgehead atoms. The maximum Gasteiger partial charge on any atom is 0.339 e. The van der Waals surface area contributed by atoms with E-state index in [1.165, 1.54) is 0 Å². The summed E-state index contributed by atoms with van der Waals surface area (Å²) in [6.45, 7) is 2.47. The highest BCUT2D eigenvalue weighted by atomic mass is 16.5. The Hall–Kier alpha value is -2.08. The summed E-state index contributed by atoms with van der Waals surface area (Å²) in [5.74, 6) is -0.721. The summed E-state index contributed by atoms with van der Waals surface area (Å²) in [4.78, 5) is 22.6. The van der Waals surface area contributed by atoms with Gasteiger partial charge in [-0.1, -0.05) is 12.1 Å². The van der Waals surface area contributed by atoms with Gasteiger partial charge in [0.05, 0.1) is 12.3 Å². The van der Waals surface area contributed by atoms with Crippen molar-refractivity contribution in [2.45, 2.75) is 19.4 Å². The minimum absolute atomic E-state index is 0.0451. The summed E-state index contributed by atoms with van der Waals surface area (Å²) in [5, 5.41) is 11.5. The Kier molecular flexibility index (Phi) is 4.01. The number of benzene rings is 1. The number of nitrogens with one attached hydrogen (secondary N) is 1. The Bertz CT molecular complexity index is 489. The fraction of sp³-hybridized carbons (Fsp3) is 0.385. The summed E-state index contributed by atoms with van der Waals surface area (Å²) in [5.41, 5.74) is 3.86. The zero-order valence-corrected chi connectivity index (χ0v) is 10.6. The number of hydrazine groups is 1. The van der Waals surface area contributed by atoms with E-state index in [1.807, 2.05) is 0 Å². The van der Waals surface area contributed by atoms with Crippen LogP contribution in [0.15, 0.2) is 24.3 Å². The van der Waals surface area contributed by atoms with Crippen LogP contribution in [0.3, 0.4) is 0 Å². The zero-order chi connectivity index (χ0) is 13.8. The third kappa shape index (κ3) is 3.03. The number of nitrogens with zero attached hydrogens (tertiary/aromatic N) is 1. The standard InChI is InChI=1S/C13H16N2O4/c1-2-19-13(18)12(17)9-4-3-5-10(8-9)15-7-6-11(16)14-15/h3-5,8,12,17H,2,6-7H2,1H3,(H,14,16). The van der Waals surface area contributed by atoms with Gasteiger partial charge in [0.2, 0.25) is 5.91 Å². The van der Waals surface area contributed by atoms with Crippen molar-refractivity contribution >= 4 is 17.6 Å². The number of hydrogen-bond donors (Lipinski definition) is 2. The molecule has 1 amide bonds. The molecule has 1 fully saturated rings. The first kappa shape index (κ1) is 13.4. The van der Waals surface area contributed by atoms with Crippen LogP contribution < -0.4 is 10.4 Å². The first-order valence-corrected chi connectivity index (χ1v) is 6.13. The third-order valence-electron chi connectivity index (χ3n) is 2.83. The molecule has 2 N–H and O–H groups in total. The lowest BCUT2D eigenvalue weighted by atomic mass is 10.1. The van der Waals surface area contributed by atoms with Crippen LogP contribution in [0, 0.1) is 0 Å². The van der Waals surface area contributed by atoms with Crippen molar-refractivity contribution in [3.63, 3.8) is 0 Å². The number of rotatable bonds is 4. The van der Waals surface area contributed by atoms with Gasteiger partial charge in [0.1, 0.15) is 0 Å². The van der Waals surface area contributed by atoms with Gasteiger partial charge in [-0.2, -0.15) is 0 Å². The molecule has 19 heavy (non-hydrogen) atoms. The van der Waals surface area contributed by atoms with Crippen LogP contribution in [-0.2, 0) is 14.3 Å². The number of esters is 1. The zero-order valence-electron chi connectivity index (χ0n) is 10.6. The minimum Gasteiger partial charge on any atom is -0.464 e. The van der Waals surface area contributed by atoms with Crippen molar-refractivity contribution in [3.05, 3.63) is 29.8 Å². The Morgan fingerprint density at radius 2 is 2.37 bits per heavy atom. The summed E-state index contributed by atoms with van der Waals surface area (Å²) >= 11 is 0. The number of anilines is 1. The molecule has 0 radical (unpaired) electrons. The van der Waals surface area contributed by atoms with Crippen LogP contribution in [0.25, 0.3) is 0 Å². The maximum atomic E-state index is 11.5. The molecule has 6 nitrogen and oxygen atoms in total. The van der Waals surface area contributed by atoms with E-state index in [9.17, 15) is 14.7 Å². The van der Waals surface area contributed by atoms with E-state index in [0.29, 0.717) is 18.5 Å². The Morgan fingerprint density at radius 3 is 3.00 bits per heavy atom. The molecule has 1 saturated heterocycles. The molecule has 0 saturated carbocycles. The van der Waals surface area contributed by atoms with Crippen LogP contribution in [0.4, 0.5) is 5.69 Å². The molecule has 1 aromatic rings. The first-order chi connectivity index (χ1) is 9.11. The Labute approximate surface area is 110 Å². The van der Waals surface area contributed by atoms with Crippen molar-refractivity contribution in [1.82, 2.24) is 5.43 Å². The fourth-order valence-corrected chi connectivity index (χ4v) is 1.89. The van der Waals surface area contributed by atoms with Gasteiger partial charge < -0.3 is 9.84 Å². The first-order valence-electron chi connectivity index (χ1n) is 6.13. The van der Waals surface area contributed by atoms with Gasteiger partial charge in [0.15, 0.2) is 6.10 Å². The SMILES string of the molecule is CCOC(=O)C(O)c1cccc(N2CCC(=O)N2)c1. The molecular weight excluding hydrogens is 248 g/mol. The van der Waals surface area contributed by atoms with Crippen molar-refractivity contribution in [2.75, 3.05) is 18.2 Å². The van der Waals surface area contributed by atoms with Crippen molar-refractivity contribution in [2.24, 2.45) is 0 Å². The van der Waals surface area contributed by atoms with Crippen molar-refractivity contribution < 1.29 is 19.4 Å². The van der Waals surface area contributed by atoms with Gasteiger partial charge in [0, 0.05) is 13.0 Å². The molecule has 1 atom stereocenters. The predicted octanol–water partition coefficient (Wildman–Crippen LogP) is 0.524. The maximum absolute atomic E-state index is 11.5. The molecule has 0 aromatic heterocycles. The van der Waals surface area contributed by atoms with Gasteiger partial charge in [-0.05, 0) is 24.6 Å². The molecule has 0 aliphatic carbocycles. The van der Waals surface area contributed by atoms with Crippen molar-refractivity contribution in [3.8, 4) is 0 Å². The average molecular weight is 264 g/mol. The number of aliphatic hydroxyl groups excluding tert-OH is 1. The topological polar surface area (TPSA) is 78.9 Å². The number of carbonyl (C=O) groups is 2. The summed E-state index contributed by atoms with van der Waals surface area (Å²) in [6.07, 6.45) is -0.872. The fourth-order valence-electron chi connectivity index (χ4n) is 1.89. The normalized spacial score (nSPS) is 16.1. The van der Waals surface area contributed by atoms with Crippen LogP contribution in [-0.4, -0.2) is 30.1 Å². The lowest BCUT2D eigenvalue weighted by molar-refractivity contribution is -0.153. The lowest BCUT2D eigenvalue weighted by Gasteiger charge is -2.19. The highest BCUT2D eigenvalue weighted by Crippen LogP contribution is 2.22. The van der Waals surface area contributed by atoms with Gasteiger partial charge in [-0.25, -0.2) is 4.79 Å². The second-order valence-electron chi connectivity index (χ2n) is 4.19. The number of amides is 1. The number of hydrogen-bond acceptors (Lipinski definition) is 5. The minimum atomic E-state index is -1.31. The van der Waals surface area contributed by atoms with Crippen LogP contribution in [0.1, 0.15) is 25.0 Å². The Balaban J connectivity index is 2.15. The third-order valence-corrected chi connectivity index (χ3v) is 2.83. The average Bonchev–Trinajstić information content (AvgIpc) is 2.85. The number of carbonyl (C=O) groups excluding carboxylic acids is 2. The van der Waals surface area contributed by atoms with E-state index in [2.05, 4.69) is 5.43 Å². The lowest BCUT2D eigenvalue weighted by Crippen LogP contribution is -2.33. The second kappa shape index (κ2) is 5.71. The molecule has 102 valence electrons. The summed E-state index contributed by atoms with van der Waals surface area (Å²) in [6, 6.07) is 6.82. The van der Waals surface area contributed by atoms with Gasteiger partial charge >= 0.3 is 5.97 Å². The number of aliphatic hydroxyl groups is 1. The summed E-state index contributed by atoms with van der Waals surface area (Å²) < 4.78 is 4.77. The molecule has 0 spiro atoms. The molecule has 6 heteroatoms. The Morgan fingerprint density at radius 1 is 1.58 bits per heavy atom. The molecule has 1 aliphatic heterocycles. The van der Waals surface area contributed by atoms with E-state index in [-0.39, 0.29) is 12.5 Å². The van der Waals surface area contributed by atoms with E-state index >= 15 is 0 Å². The summed E-state index contributed by atoms with van der Waals surface area (Å²) in [7, 11) is 0. The van der Waals surface area contributed by atoms with Crippen molar-refractivity contribution in [1.29, 1.82) is 0 Å². The van der Waals surface area contributed by atoms with Crippen LogP contribution >= 0.6 is 0 Å². The van der Waals surface area contributed by atoms with Crippen LogP contribution in [0.2, 0.25) is 0 Å². The largest absolute Gasteiger partial charge is 0.464 e. The van der Waals surface area contributed by atoms with Gasteiger partial charge in [-0.15, -0.1) is 0 Å². The number of ether oxygens (including phenoxy) is 1. The monoisotopic (exact) mass is 264 g/mol. The van der Waals surface area contributed by atoms with Gasteiger partial charge in [0.25, 0.3) is 0 Å². The van der Waals surface area contributed by atoms with Crippen LogP contribution in [0.5, 0.6) is 0 Å². The molecule has 2 rings (SSSR count). The smallest absolute Gasteiger partial charge is 0.339 e. The molecule has 1 heterocycles. The van der Waals surface area contributed by atoms with E-state index in [1.54, 1.807) is 36.2 Å². The van der Waals surface area contributed by atoms with E-state index in [0.717, 1.165) is 5.69 Å². The second-order valence-corrected chi connectivity index (χ2v) is 4.19. The highest BCUT2D eigenvalue weighted by molar-refractivity contribution is 5.82. The molecule has 1 aliphatic rings. The van der Waals surface area contributed by atoms with E-state index in [4.69, 9.17) is 4.74 Å². The quantitative estimate of drug-likeness (QED) is 0.775. The molecule has 1 unspecified atom stereocenters.